The van der Waals surface area contributed by atoms with Crippen LogP contribution in [0.5, 0.6) is 0 Å². The molecule has 3 rings (SSSR count). The van der Waals surface area contributed by atoms with Crippen LogP contribution in [0, 0.1) is 25.7 Å². The van der Waals surface area contributed by atoms with Crippen LogP contribution in [-0.2, 0) is 11.2 Å². The Morgan fingerprint density at radius 3 is 2.76 bits per heavy atom. The summed E-state index contributed by atoms with van der Waals surface area (Å²) in [6.07, 6.45) is 5.81. The quantitative estimate of drug-likeness (QED) is 0.848. The van der Waals surface area contributed by atoms with E-state index in [1.165, 1.54) is 24.6 Å². The fourth-order valence-electron chi connectivity index (χ4n) is 3.74. The van der Waals surface area contributed by atoms with Crippen LogP contribution < -0.4 is 5.32 Å². The number of hydrogen-bond acceptors (Lipinski definition) is 5. The number of aromatic nitrogens is 4. The van der Waals surface area contributed by atoms with Gasteiger partial charge in [-0.05, 0) is 38.4 Å². The molecular formula is C18H27N5OS. The van der Waals surface area contributed by atoms with Crippen molar-refractivity contribution in [3.63, 3.8) is 0 Å². The van der Waals surface area contributed by atoms with Crippen LogP contribution in [0.2, 0.25) is 0 Å². The normalized spacial score (nSPS) is 23.8. The first kappa shape index (κ1) is 18.2. The maximum Gasteiger partial charge on any atom is 0.253 e. The molecule has 1 saturated carbocycles. The van der Waals surface area contributed by atoms with Gasteiger partial charge in [0.1, 0.15) is 0 Å². The zero-order valence-electron chi connectivity index (χ0n) is 15.7. The molecule has 1 aliphatic carbocycles. The summed E-state index contributed by atoms with van der Waals surface area (Å²) in [5.74, 6) is 1.86. The standard InChI is InChI=1S/C18H27N5OS/c1-10-7-6-8-15(11(10)2)20-16(24)9-14-12(3)19-17-21-18(25-5)22-23(17)13(14)4/h10-11,15H,6-9H2,1-5H3,(H,20,24). The number of fused-ring (bicyclic) bond motifs is 1. The van der Waals surface area contributed by atoms with Crippen LogP contribution in [0.3, 0.4) is 0 Å². The molecule has 7 heteroatoms. The zero-order chi connectivity index (χ0) is 18.1. The Morgan fingerprint density at radius 2 is 2.04 bits per heavy atom. The van der Waals surface area contributed by atoms with Crippen molar-refractivity contribution in [2.24, 2.45) is 11.8 Å². The van der Waals surface area contributed by atoms with Crippen molar-refractivity contribution >= 4 is 23.4 Å². The molecule has 0 aliphatic heterocycles. The minimum absolute atomic E-state index is 0.0727. The summed E-state index contributed by atoms with van der Waals surface area (Å²) < 4.78 is 1.74. The second-order valence-electron chi connectivity index (χ2n) is 7.19. The van der Waals surface area contributed by atoms with Gasteiger partial charge in [-0.15, -0.1) is 5.10 Å². The van der Waals surface area contributed by atoms with Crippen molar-refractivity contribution in [2.75, 3.05) is 6.26 Å². The molecule has 25 heavy (non-hydrogen) atoms. The largest absolute Gasteiger partial charge is 0.353 e. The van der Waals surface area contributed by atoms with Gasteiger partial charge in [0.25, 0.3) is 5.78 Å². The van der Waals surface area contributed by atoms with Crippen molar-refractivity contribution in [2.45, 2.75) is 64.6 Å². The van der Waals surface area contributed by atoms with E-state index in [1.54, 1.807) is 4.52 Å². The summed E-state index contributed by atoms with van der Waals surface area (Å²) in [7, 11) is 0. The van der Waals surface area contributed by atoms with Crippen LogP contribution in [0.1, 0.15) is 50.1 Å². The first-order valence-corrected chi connectivity index (χ1v) is 10.2. The number of nitrogens with one attached hydrogen (secondary N) is 1. The Kier molecular flexibility index (Phi) is 5.32. The lowest BCUT2D eigenvalue weighted by molar-refractivity contribution is -0.121. The average Bonchev–Trinajstić information content (AvgIpc) is 2.99. The second kappa shape index (κ2) is 7.32. The van der Waals surface area contributed by atoms with E-state index in [0.717, 1.165) is 23.4 Å². The maximum atomic E-state index is 12.6. The third-order valence-electron chi connectivity index (χ3n) is 5.60. The van der Waals surface area contributed by atoms with Gasteiger partial charge in [-0.25, -0.2) is 9.50 Å². The molecule has 1 N–H and O–H groups in total. The van der Waals surface area contributed by atoms with Gasteiger partial charge in [0.15, 0.2) is 0 Å². The number of nitrogens with zero attached hydrogens (tertiary/aromatic N) is 4. The Hall–Kier alpha value is -1.63. The summed E-state index contributed by atoms with van der Waals surface area (Å²) in [4.78, 5) is 21.6. The molecule has 0 spiro atoms. The molecule has 3 atom stereocenters. The van der Waals surface area contributed by atoms with E-state index in [0.29, 0.717) is 29.2 Å². The Balaban J connectivity index is 1.79. The topological polar surface area (TPSA) is 72.2 Å². The van der Waals surface area contributed by atoms with E-state index in [9.17, 15) is 4.79 Å². The molecule has 0 radical (unpaired) electrons. The number of hydrogen-bond donors (Lipinski definition) is 1. The molecular weight excluding hydrogens is 334 g/mol. The summed E-state index contributed by atoms with van der Waals surface area (Å²) in [5.41, 5.74) is 2.74. The van der Waals surface area contributed by atoms with E-state index in [2.05, 4.69) is 34.2 Å². The molecule has 3 unspecified atom stereocenters. The SMILES string of the molecule is CSc1nc2nc(C)c(CC(=O)NC3CCCC(C)C3C)c(C)n2n1. The molecule has 1 aliphatic rings. The molecule has 0 bridgehead atoms. The minimum atomic E-state index is 0.0727. The highest BCUT2D eigenvalue weighted by Crippen LogP contribution is 2.29. The summed E-state index contributed by atoms with van der Waals surface area (Å²) in [6, 6.07) is 0.281. The molecule has 2 aromatic rings. The molecule has 1 amide bonds. The predicted molar refractivity (Wildman–Crippen MR) is 99.9 cm³/mol. The van der Waals surface area contributed by atoms with Gasteiger partial charge in [0.05, 0.1) is 6.42 Å². The molecule has 0 aromatic carbocycles. The molecule has 2 aromatic heterocycles. The number of carbonyl (C=O) groups is 1. The monoisotopic (exact) mass is 361 g/mol. The highest BCUT2D eigenvalue weighted by molar-refractivity contribution is 7.98. The number of carbonyl (C=O) groups excluding carboxylic acids is 1. The highest BCUT2D eigenvalue weighted by atomic mass is 32.2. The zero-order valence-corrected chi connectivity index (χ0v) is 16.5. The van der Waals surface area contributed by atoms with Gasteiger partial charge in [-0.3, -0.25) is 4.79 Å². The third kappa shape index (κ3) is 3.66. The van der Waals surface area contributed by atoms with Crippen LogP contribution in [0.25, 0.3) is 5.78 Å². The van der Waals surface area contributed by atoms with Crippen molar-refractivity contribution in [1.29, 1.82) is 0 Å². The summed E-state index contributed by atoms with van der Waals surface area (Å²) in [5, 5.41) is 8.40. The second-order valence-corrected chi connectivity index (χ2v) is 7.96. The summed E-state index contributed by atoms with van der Waals surface area (Å²) >= 11 is 1.49. The Morgan fingerprint density at radius 1 is 1.28 bits per heavy atom. The van der Waals surface area contributed by atoms with Crippen molar-refractivity contribution in [3.05, 3.63) is 17.0 Å². The first-order chi connectivity index (χ1) is 11.9. The maximum absolute atomic E-state index is 12.6. The smallest absolute Gasteiger partial charge is 0.253 e. The van der Waals surface area contributed by atoms with Crippen molar-refractivity contribution in [3.8, 4) is 0 Å². The van der Waals surface area contributed by atoms with Gasteiger partial charge in [0.2, 0.25) is 11.1 Å². The van der Waals surface area contributed by atoms with Crippen molar-refractivity contribution in [1.82, 2.24) is 24.9 Å². The van der Waals surface area contributed by atoms with Gasteiger partial charge in [-0.1, -0.05) is 38.5 Å². The highest BCUT2D eigenvalue weighted by Gasteiger charge is 2.28. The third-order valence-corrected chi connectivity index (χ3v) is 6.14. The van der Waals surface area contributed by atoms with Crippen LogP contribution in [0.15, 0.2) is 5.16 Å². The molecule has 2 heterocycles. The number of aryl methyl sites for hydroxylation is 2. The average molecular weight is 362 g/mol. The van der Waals surface area contributed by atoms with E-state index in [-0.39, 0.29) is 11.9 Å². The fourth-order valence-corrected chi connectivity index (χ4v) is 4.07. The van der Waals surface area contributed by atoms with E-state index >= 15 is 0 Å². The van der Waals surface area contributed by atoms with Crippen LogP contribution in [0.4, 0.5) is 0 Å². The Labute approximate surface area is 153 Å². The van der Waals surface area contributed by atoms with Crippen molar-refractivity contribution < 1.29 is 4.79 Å². The number of rotatable bonds is 4. The number of amides is 1. The lowest BCUT2D eigenvalue weighted by atomic mass is 9.78. The van der Waals surface area contributed by atoms with E-state index in [4.69, 9.17) is 0 Å². The van der Waals surface area contributed by atoms with E-state index < -0.39 is 0 Å². The van der Waals surface area contributed by atoms with Gasteiger partial charge in [0, 0.05) is 23.0 Å². The molecule has 6 nitrogen and oxygen atoms in total. The lowest BCUT2D eigenvalue weighted by Crippen LogP contribution is -2.44. The number of thioether (sulfide) groups is 1. The minimum Gasteiger partial charge on any atom is -0.353 e. The van der Waals surface area contributed by atoms with Crippen LogP contribution in [-0.4, -0.2) is 37.8 Å². The van der Waals surface area contributed by atoms with Gasteiger partial charge < -0.3 is 5.32 Å². The van der Waals surface area contributed by atoms with Gasteiger partial charge in [-0.2, -0.15) is 4.98 Å². The lowest BCUT2D eigenvalue weighted by Gasteiger charge is -2.34. The Bertz CT molecular complexity index is 787. The first-order valence-electron chi connectivity index (χ1n) is 8.97. The molecule has 1 fully saturated rings. The van der Waals surface area contributed by atoms with Gasteiger partial charge >= 0.3 is 0 Å². The fraction of sp³-hybridized carbons (Fsp3) is 0.667. The molecule has 0 saturated heterocycles. The summed E-state index contributed by atoms with van der Waals surface area (Å²) in [6.45, 7) is 8.45. The van der Waals surface area contributed by atoms with Crippen LogP contribution >= 0.6 is 11.8 Å². The predicted octanol–water partition coefficient (Wildman–Crippen LogP) is 2.95. The van der Waals surface area contributed by atoms with E-state index in [1.807, 2.05) is 20.1 Å². The molecule has 136 valence electrons.